The highest BCUT2D eigenvalue weighted by Crippen LogP contribution is 2.21. The van der Waals surface area contributed by atoms with Gasteiger partial charge in [-0.15, -0.1) is 11.3 Å². The number of rotatable bonds is 6. The van der Waals surface area contributed by atoms with E-state index >= 15 is 0 Å². The van der Waals surface area contributed by atoms with Gasteiger partial charge in [0.2, 0.25) is 0 Å². The summed E-state index contributed by atoms with van der Waals surface area (Å²) < 4.78 is 5.26. The zero-order valence-electron chi connectivity index (χ0n) is 11.5. The average Bonchev–Trinajstić information content (AvgIpc) is 2.99. The van der Waals surface area contributed by atoms with E-state index in [1.54, 1.807) is 35.6 Å². The van der Waals surface area contributed by atoms with E-state index in [4.69, 9.17) is 10.5 Å². The number of para-hydroxylation sites is 1. The number of hydrogen-bond donors (Lipinski definition) is 2. The molecule has 3 N–H and O–H groups in total. The molecule has 1 heterocycles. The van der Waals surface area contributed by atoms with E-state index in [9.17, 15) is 9.59 Å². The summed E-state index contributed by atoms with van der Waals surface area (Å²) in [4.78, 5) is 24.2. The number of carbonyl (C=O) groups excluding carboxylic acids is 2. The third-order valence-corrected chi connectivity index (χ3v) is 3.87. The summed E-state index contributed by atoms with van der Waals surface area (Å²) in [5.41, 5.74) is 5.43. The Labute approximate surface area is 126 Å². The summed E-state index contributed by atoms with van der Waals surface area (Å²) in [7, 11) is 0. The van der Waals surface area contributed by atoms with Crippen LogP contribution in [0, 0.1) is 0 Å². The summed E-state index contributed by atoms with van der Waals surface area (Å²) in [5, 5.41) is 4.86. The highest BCUT2D eigenvalue weighted by molar-refractivity contribution is 7.10. The minimum Gasteiger partial charge on any atom is -0.483 e. The number of hydrogen-bond acceptors (Lipinski definition) is 4. The van der Waals surface area contributed by atoms with Gasteiger partial charge in [0.25, 0.3) is 11.8 Å². The monoisotopic (exact) mass is 304 g/mol. The van der Waals surface area contributed by atoms with Gasteiger partial charge in [-0.05, 0) is 30.5 Å². The van der Waals surface area contributed by atoms with Crippen molar-refractivity contribution in [2.24, 2.45) is 5.73 Å². The average molecular weight is 304 g/mol. The molecule has 1 aromatic carbocycles. The van der Waals surface area contributed by atoms with Gasteiger partial charge >= 0.3 is 0 Å². The van der Waals surface area contributed by atoms with Crippen molar-refractivity contribution in [3.63, 3.8) is 0 Å². The lowest BCUT2D eigenvalue weighted by Crippen LogP contribution is -2.27. The molecule has 2 aromatic rings. The molecule has 6 heteroatoms. The molecular formula is C15H16N2O3S. The number of nitrogens with two attached hydrogens (primary N) is 1. The molecule has 0 aliphatic rings. The summed E-state index contributed by atoms with van der Waals surface area (Å²) in [6.07, 6.45) is 0. The number of nitrogens with one attached hydrogen (secondary N) is 1. The lowest BCUT2D eigenvalue weighted by molar-refractivity contribution is -0.119. The zero-order chi connectivity index (χ0) is 15.2. The van der Waals surface area contributed by atoms with Crippen LogP contribution < -0.4 is 15.8 Å². The summed E-state index contributed by atoms with van der Waals surface area (Å²) >= 11 is 1.58. The van der Waals surface area contributed by atoms with Gasteiger partial charge in [0.15, 0.2) is 6.61 Å². The molecule has 2 amide bonds. The third kappa shape index (κ3) is 4.06. The van der Waals surface area contributed by atoms with E-state index in [1.807, 2.05) is 24.4 Å². The van der Waals surface area contributed by atoms with E-state index in [0.29, 0.717) is 11.3 Å². The Hall–Kier alpha value is -2.34. The summed E-state index contributed by atoms with van der Waals surface area (Å²) in [6, 6.07) is 10.6. The van der Waals surface area contributed by atoms with Crippen LogP contribution >= 0.6 is 11.3 Å². The van der Waals surface area contributed by atoms with Gasteiger partial charge in [0.05, 0.1) is 11.6 Å². The number of thiophene rings is 1. The quantitative estimate of drug-likeness (QED) is 0.857. The molecule has 0 fully saturated rings. The Morgan fingerprint density at radius 2 is 2.05 bits per heavy atom. The molecular weight excluding hydrogens is 288 g/mol. The number of ether oxygens (including phenoxy) is 1. The molecule has 5 nitrogen and oxygen atoms in total. The van der Waals surface area contributed by atoms with Crippen molar-refractivity contribution < 1.29 is 14.3 Å². The van der Waals surface area contributed by atoms with Crippen LogP contribution in [-0.4, -0.2) is 18.4 Å². The number of primary amides is 1. The Balaban J connectivity index is 2.10. The molecule has 0 saturated heterocycles. The van der Waals surface area contributed by atoms with Crippen LogP contribution in [0.5, 0.6) is 5.75 Å². The van der Waals surface area contributed by atoms with E-state index < -0.39 is 5.91 Å². The predicted molar refractivity (Wildman–Crippen MR) is 81.3 cm³/mol. The second-order valence-corrected chi connectivity index (χ2v) is 5.44. The Kier molecular flexibility index (Phi) is 4.94. The zero-order valence-corrected chi connectivity index (χ0v) is 12.4. The maximum atomic E-state index is 12.3. The molecule has 0 spiro atoms. The number of benzene rings is 1. The molecule has 0 aliphatic carbocycles. The first-order chi connectivity index (χ1) is 10.1. The van der Waals surface area contributed by atoms with Gasteiger partial charge in [-0.2, -0.15) is 0 Å². The molecule has 21 heavy (non-hydrogen) atoms. The van der Waals surface area contributed by atoms with E-state index in [2.05, 4.69) is 5.32 Å². The van der Waals surface area contributed by atoms with Crippen LogP contribution in [0.2, 0.25) is 0 Å². The van der Waals surface area contributed by atoms with Crippen LogP contribution in [0.1, 0.15) is 28.2 Å². The first kappa shape index (κ1) is 15.1. The Morgan fingerprint density at radius 3 is 2.71 bits per heavy atom. The number of amides is 2. The van der Waals surface area contributed by atoms with Gasteiger partial charge in [0.1, 0.15) is 5.75 Å². The minimum absolute atomic E-state index is 0.0957. The van der Waals surface area contributed by atoms with Crippen LogP contribution in [0.25, 0.3) is 0 Å². The van der Waals surface area contributed by atoms with Crippen molar-refractivity contribution in [3.05, 3.63) is 52.2 Å². The van der Waals surface area contributed by atoms with Gasteiger partial charge in [-0.1, -0.05) is 18.2 Å². The van der Waals surface area contributed by atoms with Gasteiger partial charge in [-0.3, -0.25) is 9.59 Å². The van der Waals surface area contributed by atoms with E-state index in [-0.39, 0.29) is 18.6 Å². The Morgan fingerprint density at radius 1 is 1.29 bits per heavy atom. The molecule has 110 valence electrons. The van der Waals surface area contributed by atoms with Crippen molar-refractivity contribution in [1.82, 2.24) is 5.32 Å². The smallest absolute Gasteiger partial charge is 0.255 e. The molecule has 0 saturated carbocycles. The maximum Gasteiger partial charge on any atom is 0.255 e. The first-order valence-electron chi connectivity index (χ1n) is 6.42. The number of carbonyl (C=O) groups is 2. The molecule has 0 bridgehead atoms. The van der Waals surface area contributed by atoms with E-state index in [1.165, 1.54) is 0 Å². The third-order valence-electron chi connectivity index (χ3n) is 2.82. The topological polar surface area (TPSA) is 81.4 Å². The molecule has 0 aliphatic heterocycles. The van der Waals surface area contributed by atoms with Gasteiger partial charge < -0.3 is 15.8 Å². The van der Waals surface area contributed by atoms with Crippen LogP contribution in [0.4, 0.5) is 0 Å². The van der Waals surface area contributed by atoms with Crippen LogP contribution in [-0.2, 0) is 4.79 Å². The second-order valence-electron chi connectivity index (χ2n) is 4.46. The molecule has 1 aromatic heterocycles. The largest absolute Gasteiger partial charge is 0.483 e. The van der Waals surface area contributed by atoms with Crippen molar-refractivity contribution in [2.45, 2.75) is 13.0 Å². The first-order valence-corrected chi connectivity index (χ1v) is 7.30. The van der Waals surface area contributed by atoms with Gasteiger partial charge in [-0.25, -0.2) is 0 Å². The molecule has 0 radical (unpaired) electrons. The minimum atomic E-state index is -0.586. The normalized spacial score (nSPS) is 11.7. The molecule has 1 atom stereocenters. The molecule has 0 unspecified atom stereocenters. The Bertz CT molecular complexity index is 626. The fraction of sp³-hybridized carbons (Fsp3) is 0.200. The predicted octanol–water partition coefficient (Wildman–Crippen LogP) is 2.10. The standard InChI is InChI=1S/C15H16N2O3S/c1-10(13-7-4-8-21-13)17-15(19)11-5-2-3-6-12(11)20-9-14(16)18/h2-8,10H,9H2,1H3,(H2,16,18)(H,17,19)/t10-/m1/s1. The van der Waals surface area contributed by atoms with Crippen LogP contribution in [0.15, 0.2) is 41.8 Å². The highest BCUT2D eigenvalue weighted by Gasteiger charge is 2.16. The maximum absolute atomic E-state index is 12.3. The fourth-order valence-electron chi connectivity index (χ4n) is 1.81. The van der Waals surface area contributed by atoms with Crippen molar-refractivity contribution in [1.29, 1.82) is 0 Å². The van der Waals surface area contributed by atoms with Gasteiger partial charge in [0, 0.05) is 4.88 Å². The lowest BCUT2D eigenvalue weighted by atomic mass is 10.1. The SMILES string of the molecule is C[C@@H](NC(=O)c1ccccc1OCC(N)=O)c1cccs1. The van der Waals surface area contributed by atoms with Crippen molar-refractivity contribution in [3.8, 4) is 5.75 Å². The lowest BCUT2D eigenvalue weighted by Gasteiger charge is -2.14. The van der Waals surface area contributed by atoms with Crippen LogP contribution in [0.3, 0.4) is 0 Å². The molecule has 2 rings (SSSR count). The van der Waals surface area contributed by atoms with Crippen molar-refractivity contribution >= 4 is 23.2 Å². The van der Waals surface area contributed by atoms with Crippen molar-refractivity contribution in [2.75, 3.05) is 6.61 Å². The highest BCUT2D eigenvalue weighted by atomic mass is 32.1. The summed E-state index contributed by atoms with van der Waals surface area (Å²) in [6.45, 7) is 1.65. The fourth-order valence-corrected chi connectivity index (χ4v) is 2.55. The second kappa shape index (κ2) is 6.90. The van der Waals surface area contributed by atoms with E-state index in [0.717, 1.165) is 4.88 Å². The summed E-state index contributed by atoms with van der Waals surface area (Å²) in [5.74, 6) is -0.500.